The standard InChI is InChI=1S/C20H25N5O4/c1-27-12-17(13-5-3-2-4-6-13)24-20(26)25-18-9-16(21)15(10-23-18)19(22)29-14-7-8-28-11-14/h2-6,9-10,14,17,22H,7-8,11-12H2,1H3,(H4,21,23,24,25,26)/t14?,17-/m1/s1. The number of anilines is 2. The van der Waals surface area contributed by atoms with Crippen molar-refractivity contribution in [1.82, 2.24) is 10.3 Å². The molecule has 29 heavy (non-hydrogen) atoms. The van der Waals surface area contributed by atoms with E-state index in [1.165, 1.54) is 12.3 Å². The monoisotopic (exact) mass is 399 g/mol. The molecule has 5 N–H and O–H groups in total. The highest BCUT2D eigenvalue weighted by Crippen LogP contribution is 2.19. The van der Waals surface area contributed by atoms with Gasteiger partial charge in [0.1, 0.15) is 11.9 Å². The van der Waals surface area contributed by atoms with Gasteiger partial charge in [-0.05, 0) is 5.56 Å². The summed E-state index contributed by atoms with van der Waals surface area (Å²) < 4.78 is 16.0. The molecule has 2 atom stereocenters. The van der Waals surface area contributed by atoms with Gasteiger partial charge in [0, 0.05) is 31.5 Å². The van der Waals surface area contributed by atoms with Crippen molar-refractivity contribution in [2.45, 2.75) is 18.6 Å². The van der Waals surface area contributed by atoms with E-state index in [1.807, 2.05) is 30.3 Å². The van der Waals surface area contributed by atoms with Crippen LogP contribution < -0.4 is 16.4 Å². The first-order chi connectivity index (χ1) is 14.1. The van der Waals surface area contributed by atoms with Gasteiger partial charge in [-0.1, -0.05) is 30.3 Å². The molecule has 9 nitrogen and oxygen atoms in total. The molecule has 2 aromatic rings. The first-order valence-corrected chi connectivity index (χ1v) is 9.27. The number of hydrogen-bond donors (Lipinski definition) is 4. The number of rotatable bonds is 7. The highest BCUT2D eigenvalue weighted by Gasteiger charge is 2.21. The Morgan fingerprint density at radius 2 is 2.21 bits per heavy atom. The molecular weight excluding hydrogens is 374 g/mol. The number of hydrogen-bond acceptors (Lipinski definition) is 7. The first-order valence-electron chi connectivity index (χ1n) is 9.27. The minimum Gasteiger partial charge on any atom is -0.472 e. The van der Waals surface area contributed by atoms with E-state index in [0.717, 1.165) is 12.0 Å². The van der Waals surface area contributed by atoms with Crippen molar-refractivity contribution in [1.29, 1.82) is 5.41 Å². The number of carbonyl (C=O) groups excluding carboxylic acids is 1. The second kappa shape index (κ2) is 9.85. The number of aromatic nitrogens is 1. The van der Waals surface area contributed by atoms with Gasteiger partial charge in [-0.2, -0.15) is 0 Å². The fourth-order valence-corrected chi connectivity index (χ4v) is 2.95. The topological polar surface area (TPSA) is 132 Å². The number of benzene rings is 1. The smallest absolute Gasteiger partial charge is 0.320 e. The zero-order chi connectivity index (χ0) is 20.6. The van der Waals surface area contributed by atoms with Crippen LogP contribution in [0.25, 0.3) is 0 Å². The number of methoxy groups -OCH3 is 1. The molecule has 1 fully saturated rings. The van der Waals surface area contributed by atoms with Crippen LogP contribution in [0.2, 0.25) is 0 Å². The van der Waals surface area contributed by atoms with Crippen molar-refractivity contribution in [3.63, 3.8) is 0 Å². The Morgan fingerprint density at radius 1 is 1.41 bits per heavy atom. The number of pyridine rings is 1. The summed E-state index contributed by atoms with van der Waals surface area (Å²) in [5, 5.41) is 13.6. The number of carbonyl (C=O) groups is 1. The van der Waals surface area contributed by atoms with Crippen molar-refractivity contribution in [2.75, 3.05) is 38.0 Å². The van der Waals surface area contributed by atoms with E-state index in [4.69, 9.17) is 25.4 Å². The van der Waals surface area contributed by atoms with Gasteiger partial charge >= 0.3 is 6.03 Å². The maximum Gasteiger partial charge on any atom is 0.320 e. The van der Waals surface area contributed by atoms with Gasteiger partial charge in [0.15, 0.2) is 0 Å². The van der Waals surface area contributed by atoms with Crippen LogP contribution >= 0.6 is 0 Å². The molecule has 0 aliphatic carbocycles. The molecule has 0 spiro atoms. The van der Waals surface area contributed by atoms with Gasteiger partial charge in [-0.15, -0.1) is 0 Å². The number of ether oxygens (including phenoxy) is 3. The minimum atomic E-state index is -0.440. The molecule has 1 aromatic heterocycles. The number of nitrogens with two attached hydrogens (primary N) is 1. The summed E-state index contributed by atoms with van der Waals surface area (Å²) in [4.78, 5) is 16.6. The van der Waals surface area contributed by atoms with E-state index < -0.39 is 6.03 Å². The second-order valence-electron chi connectivity index (χ2n) is 6.61. The maximum atomic E-state index is 12.4. The third-order valence-corrected chi connectivity index (χ3v) is 4.44. The van der Waals surface area contributed by atoms with Crippen molar-refractivity contribution >= 4 is 23.4 Å². The lowest BCUT2D eigenvalue weighted by molar-refractivity contribution is 0.134. The molecule has 0 radical (unpaired) electrons. The third kappa shape index (κ3) is 5.66. The van der Waals surface area contributed by atoms with Crippen LogP contribution in [0, 0.1) is 5.41 Å². The molecule has 1 unspecified atom stereocenters. The average molecular weight is 399 g/mol. The normalized spacial score (nSPS) is 16.8. The maximum absolute atomic E-state index is 12.4. The molecule has 1 aliphatic rings. The summed E-state index contributed by atoms with van der Waals surface area (Å²) in [6.07, 6.45) is 1.99. The molecule has 1 aliphatic heterocycles. The second-order valence-corrected chi connectivity index (χ2v) is 6.61. The van der Waals surface area contributed by atoms with Gasteiger partial charge in [0.25, 0.3) is 0 Å². The molecule has 154 valence electrons. The van der Waals surface area contributed by atoms with E-state index >= 15 is 0 Å². The lowest BCUT2D eigenvalue weighted by atomic mass is 10.1. The predicted octanol–water partition coefficient (Wildman–Crippen LogP) is 2.30. The summed E-state index contributed by atoms with van der Waals surface area (Å²) in [5.74, 6) is 0.204. The Bertz CT molecular complexity index is 840. The zero-order valence-electron chi connectivity index (χ0n) is 16.2. The average Bonchev–Trinajstić information content (AvgIpc) is 3.21. The largest absolute Gasteiger partial charge is 0.472 e. The Hall–Kier alpha value is -3.17. The van der Waals surface area contributed by atoms with Crippen LogP contribution in [0.1, 0.15) is 23.6 Å². The Balaban J connectivity index is 1.61. The molecular formula is C20H25N5O4. The minimum absolute atomic E-state index is 0.0641. The van der Waals surface area contributed by atoms with Crippen LogP contribution in [-0.2, 0) is 14.2 Å². The summed E-state index contributed by atoms with van der Waals surface area (Å²) in [5.41, 5.74) is 7.61. The van der Waals surface area contributed by atoms with Crippen molar-refractivity contribution in [3.05, 3.63) is 53.7 Å². The number of amides is 2. The Morgan fingerprint density at radius 3 is 2.86 bits per heavy atom. The van der Waals surface area contributed by atoms with Crippen LogP contribution in [0.15, 0.2) is 42.6 Å². The van der Waals surface area contributed by atoms with E-state index in [2.05, 4.69) is 15.6 Å². The van der Waals surface area contributed by atoms with Crippen LogP contribution in [0.3, 0.4) is 0 Å². The fourth-order valence-electron chi connectivity index (χ4n) is 2.95. The van der Waals surface area contributed by atoms with Gasteiger partial charge in [-0.25, -0.2) is 9.78 Å². The van der Waals surface area contributed by atoms with Gasteiger partial charge < -0.3 is 25.3 Å². The molecule has 3 rings (SSSR count). The van der Waals surface area contributed by atoms with Crippen LogP contribution in [0.4, 0.5) is 16.3 Å². The molecule has 9 heteroatoms. The molecule has 1 aromatic carbocycles. The number of nitrogen functional groups attached to an aromatic ring is 1. The predicted molar refractivity (Wildman–Crippen MR) is 109 cm³/mol. The fraction of sp³-hybridized carbons (Fsp3) is 0.350. The van der Waals surface area contributed by atoms with Crippen molar-refractivity contribution in [2.24, 2.45) is 0 Å². The van der Waals surface area contributed by atoms with E-state index in [9.17, 15) is 4.79 Å². The van der Waals surface area contributed by atoms with E-state index in [-0.39, 0.29) is 29.5 Å². The molecule has 1 saturated heterocycles. The number of urea groups is 1. The Labute approximate surface area is 169 Å². The molecule has 0 saturated carbocycles. The number of nitrogens with zero attached hydrogens (tertiary/aromatic N) is 1. The lowest BCUT2D eigenvalue weighted by Crippen LogP contribution is -2.35. The SMILES string of the molecule is COC[C@@H](NC(=O)Nc1cc(N)c(C(=N)OC2CCOC2)cn1)c1ccccc1. The van der Waals surface area contributed by atoms with Crippen LogP contribution in [-0.4, -0.2) is 49.9 Å². The van der Waals surface area contributed by atoms with Crippen molar-refractivity contribution in [3.8, 4) is 0 Å². The summed E-state index contributed by atoms with van der Waals surface area (Å²) in [6.45, 7) is 1.40. The summed E-state index contributed by atoms with van der Waals surface area (Å²) in [7, 11) is 1.57. The lowest BCUT2D eigenvalue weighted by Gasteiger charge is -2.19. The van der Waals surface area contributed by atoms with Gasteiger partial charge in [0.05, 0.1) is 31.4 Å². The molecule has 0 bridgehead atoms. The zero-order valence-corrected chi connectivity index (χ0v) is 16.2. The first kappa shape index (κ1) is 20.6. The molecule has 2 heterocycles. The highest BCUT2D eigenvalue weighted by molar-refractivity contribution is 5.98. The van der Waals surface area contributed by atoms with E-state index in [0.29, 0.717) is 25.4 Å². The van der Waals surface area contributed by atoms with E-state index in [1.54, 1.807) is 7.11 Å². The van der Waals surface area contributed by atoms with Gasteiger partial charge in [-0.3, -0.25) is 10.7 Å². The highest BCUT2D eigenvalue weighted by atomic mass is 16.5. The van der Waals surface area contributed by atoms with Gasteiger partial charge in [0.2, 0.25) is 5.90 Å². The Kier molecular flexibility index (Phi) is 6.99. The quantitative estimate of drug-likeness (QED) is 0.417. The van der Waals surface area contributed by atoms with Crippen molar-refractivity contribution < 1.29 is 19.0 Å². The molecule has 2 amide bonds. The summed E-state index contributed by atoms with van der Waals surface area (Å²) >= 11 is 0. The third-order valence-electron chi connectivity index (χ3n) is 4.44. The number of nitrogens with one attached hydrogen (secondary N) is 3. The van der Waals surface area contributed by atoms with Crippen LogP contribution in [0.5, 0.6) is 0 Å². The summed E-state index contributed by atoms with van der Waals surface area (Å²) in [6, 6.07) is 10.3.